The second-order valence-corrected chi connectivity index (χ2v) is 9.40. The second-order valence-electron chi connectivity index (χ2n) is 9.40. The molecule has 0 heterocycles. The number of ether oxygens (including phenoxy) is 2. The van der Waals surface area contributed by atoms with Gasteiger partial charge in [-0.15, -0.1) is 0 Å². The molecule has 0 fully saturated rings. The van der Waals surface area contributed by atoms with Gasteiger partial charge in [-0.2, -0.15) is 22.0 Å². The van der Waals surface area contributed by atoms with E-state index in [0.29, 0.717) is 0 Å². The summed E-state index contributed by atoms with van der Waals surface area (Å²) in [6, 6.07) is 6.99. The van der Waals surface area contributed by atoms with Crippen LogP contribution in [0.3, 0.4) is 0 Å². The Morgan fingerprint density at radius 3 is 1.86 bits per heavy atom. The molecule has 0 N–H and O–H groups in total. The van der Waals surface area contributed by atoms with Gasteiger partial charge in [-0.05, 0) is 40.9 Å². The van der Waals surface area contributed by atoms with Gasteiger partial charge >= 0.3 is 18.1 Å². The molecule has 0 saturated heterocycles. The van der Waals surface area contributed by atoms with Crippen molar-refractivity contribution in [3.63, 3.8) is 0 Å². The first-order chi connectivity index (χ1) is 12.9. The van der Waals surface area contributed by atoms with Crippen molar-refractivity contribution >= 4 is 5.97 Å². The first-order valence-electron chi connectivity index (χ1n) is 9.25. The Morgan fingerprint density at radius 2 is 1.45 bits per heavy atom. The summed E-state index contributed by atoms with van der Waals surface area (Å²) in [5.41, 5.74) is 1.23. The summed E-state index contributed by atoms with van der Waals surface area (Å²) in [5.74, 6) is -5.85. The summed E-state index contributed by atoms with van der Waals surface area (Å²) in [6.45, 7) is 10.1. The molecule has 1 rings (SSSR count). The molecule has 0 bridgehead atoms. The fourth-order valence-corrected chi connectivity index (χ4v) is 2.77. The highest BCUT2D eigenvalue weighted by molar-refractivity contribution is 5.71. The lowest BCUT2D eigenvalue weighted by Crippen LogP contribution is -2.41. The average molecular weight is 424 g/mol. The van der Waals surface area contributed by atoms with Gasteiger partial charge in [0.1, 0.15) is 5.75 Å². The molecule has 0 amide bonds. The monoisotopic (exact) mass is 424 g/mol. The van der Waals surface area contributed by atoms with Crippen LogP contribution >= 0.6 is 0 Å². The minimum atomic E-state index is -5.78. The molecule has 8 heteroatoms. The van der Waals surface area contributed by atoms with Gasteiger partial charge in [-0.3, -0.25) is 0 Å². The van der Waals surface area contributed by atoms with Crippen molar-refractivity contribution in [3.8, 4) is 5.75 Å². The van der Waals surface area contributed by atoms with Crippen LogP contribution in [0.4, 0.5) is 22.0 Å². The van der Waals surface area contributed by atoms with Crippen molar-refractivity contribution in [1.82, 2.24) is 0 Å². The minimum Gasteiger partial charge on any atom is -0.482 e. The molecule has 1 aromatic carbocycles. The number of halogens is 5. The predicted octanol–water partition coefficient (Wildman–Crippen LogP) is 6.37. The largest absolute Gasteiger partial charge is 0.482 e. The van der Waals surface area contributed by atoms with Gasteiger partial charge in [0.05, 0.1) is 0 Å². The topological polar surface area (TPSA) is 35.5 Å². The number of rotatable bonds is 7. The Morgan fingerprint density at radius 1 is 0.931 bits per heavy atom. The van der Waals surface area contributed by atoms with Crippen molar-refractivity contribution in [1.29, 1.82) is 0 Å². The zero-order valence-corrected chi connectivity index (χ0v) is 17.6. The summed E-state index contributed by atoms with van der Waals surface area (Å²) in [6.07, 6.45) is -4.82. The van der Waals surface area contributed by atoms with E-state index in [1.54, 1.807) is 12.1 Å². The van der Waals surface area contributed by atoms with Crippen LogP contribution in [0, 0.1) is 10.8 Å². The van der Waals surface area contributed by atoms with Crippen molar-refractivity contribution < 1.29 is 36.2 Å². The Kier molecular flexibility index (Phi) is 7.71. The van der Waals surface area contributed by atoms with Gasteiger partial charge in [0.2, 0.25) is 0 Å². The Hall–Kier alpha value is -1.86. The normalized spacial score (nSPS) is 14.4. The van der Waals surface area contributed by atoms with Crippen LogP contribution in [-0.2, 0) is 9.53 Å². The lowest BCUT2D eigenvalue weighted by atomic mass is 9.69. The van der Waals surface area contributed by atoms with Gasteiger partial charge < -0.3 is 9.47 Å². The molecule has 0 spiro atoms. The van der Waals surface area contributed by atoms with Gasteiger partial charge in [0.25, 0.3) is 0 Å². The van der Waals surface area contributed by atoms with Gasteiger partial charge in [-0.25, -0.2) is 4.79 Å². The molecule has 1 unspecified atom stereocenters. The molecule has 0 radical (unpaired) electrons. The van der Waals surface area contributed by atoms with Crippen LogP contribution < -0.4 is 4.74 Å². The zero-order chi connectivity index (χ0) is 22.7. The van der Waals surface area contributed by atoms with E-state index in [0.717, 1.165) is 12.0 Å². The second kappa shape index (κ2) is 8.88. The minimum absolute atomic E-state index is 0.0170. The first kappa shape index (κ1) is 25.2. The van der Waals surface area contributed by atoms with E-state index in [4.69, 9.17) is 4.74 Å². The van der Waals surface area contributed by atoms with E-state index >= 15 is 0 Å². The lowest BCUT2D eigenvalue weighted by Gasteiger charge is -2.36. The lowest BCUT2D eigenvalue weighted by molar-refractivity contribution is -0.294. The number of benzene rings is 1. The first-order valence-corrected chi connectivity index (χ1v) is 9.25. The summed E-state index contributed by atoms with van der Waals surface area (Å²) < 4.78 is 70.8. The molecular weight excluding hydrogens is 395 g/mol. The smallest absolute Gasteiger partial charge is 0.456 e. The number of carbonyl (C=O) groups excluding carboxylic acids is 1. The van der Waals surface area contributed by atoms with Crippen molar-refractivity contribution in [3.05, 3.63) is 29.8 Å². The molecule has 0 aliphatic carbocycles. The van der Waals surface area contributed by atoms with Crippen molar-refractivity contribution in [2.45, 2.75) is 66.0 Å². The molecule has 0 aliphatic heterocycles. The number of carbonyl (C=O) groups is 1. The van der Waals surface area contributed by atoms with E-state index in [1.165, 1.54) is 0 Å². The summed E-state index contributed by atoms with van der Waals surface area (Å²) >= 11 is 0. The summed E-state index contributed by atoms with van der Waals surface area (Å²) in [5, 5.41) is 0. The Labute approximate surface area is 168 Å². The van der Waals surface area contributed by atoms with Gasteiger partial charge in [0.15, 0.2) is 13.2 Å². The molecule has 0 aromatic heterocycles. The van der Waals surface area contributed by atoms with Crippen LogP contribution in [0.1, 0.15) is 59.4 Å². The number of hydrogen-bond acceptors (Lipinski definition) is 3. The van der Waals surface area contributed by atoms with Crippen LogP contribution in [0.25, 0.3) is 0 Å². The molecule has 29 heavy (non-hydrogen) atoms. The molecule has 0 saturated carbocycles. The van der Waals surface area contributed by atoms with Gasteiger partial charge in [-0.1, -0.05) is 53.7 Å². The van der Waals surface area contributed by atoms with Crippen LogP contribution in [-0.4, -0.2) is 31.3 Å². The SMILES string of the molecule is CC(C)(C)CC(c1ccc(OCC(=O)OCC(F)(F)C(F)(F)F)cc1)C(C)(C)C. The summed E-state index contributed by atoms with van der Waals surface area (Å²) in [7, 11) is 0. The van der Waals surface area contributed by atoms with E-state index in [2.05, 4.69) is 46.3 Å². The highest BCUT2D eigenvalue weighted by atomic mass is 19.4. The van der Waals surface area contributed by atoms with Crippen molar-refractivity contribution in [2.24, 2.45) is 10.8 Å². The molecular formula is C21H29F5O3. The van der Waals surface area contributed by atoms with E-state index < -0.39 is 31.3 Å². The van der Waals surface area contributed by atoms with Crippen LogP contribution in [0.15, 0.2) is 24.3 Å². The van der Waals surface area contributed by atoms with E-state index in [-0.39, 0.29) is 22.5 Å². The standard InChI is InChI=1S/C21H29F5O3/c1-18(2,3)11-16(19(4,5)6)14-7-9-15(10-8-14)28-12-17(27)29-13-20(22,23)21(24,25)26/h7-10,16H,11-13H2,1-6H3. The predicted molar refractivity (Wildman–Crippen MR) is 100 cm³/mol. The highest BCUT2D eigenvalue weighted by Crippen LogP contribution is 2.43. The fraction of sp³-hybridized carbons (Fsp3) is 0.667. The van der Waals surface area contributed by atoms with Crippen LogP contribution in [0.5, 0.6) is 5.75 Å². The Balaban J connectivity index is 2.69. The number of esters is 1. The molecule has 1 aromatic rings. The Bertz CT molecular complexity index is 668. The average Bonchev–Trinajstić information content (AvgIpc) is 2.54. The quantitative estimate of drug-likeness (QED) is 0.377. The van der Waals surface area contributed by atoms with Gasteiger partial charge in [0, 0.05) is 0 Å². The fourth-order valence-electron chi connectivity index (χ4n) is 2.77. The molecule has 3 nitrogen and oxygen atoms in total. The summed E-state index contributed by atoms with van der Waals surface area (Å²) in [4.78, 5) is 11.4. The zero-order valence-electron chi connectivity index (χ0n) is 17.6. The molecule has 166 valence electrons. The van der Waals surface area contributed by atoms with Crippen LogP contribution in [0.2, 0.25) is 0 Å². The number of hydrogen-bond donors (Lipinski definition) is 0. The maximum atomic E-state index is 12.7. The van der Waals surface area contributed by atoms with E-state index in [9.17, 15) is 26.7 Å². The highest BCUT2D eigenvalue weighted by Gasteiger charge is 2.58. The number of alkyl halides is 5. The third-order valence-electron chi connectivity index (χ3n) is 4.33. The molecule has 1 atom stereocenters. The van der Waals surface area contributed by atoms with Crippen molar-refractivity contribution in [2.75, 3.05) is 13.2 Å². The maximum Gasteiger partial charge on any atom is 0.456 e. The third-order valence-corrected chi connectivity index (χ3v) is 4.33. The van der Waals surface area contributed by atoms with E-state index in [1.807, 2.05) is 12.1 Å². The molecule has 0 aliphatic rings. The maximum absolute atomic E-state index is 12.7. The third kappa shape index (κ3) is 8.19.